The highest BCUT2D eigenvalue weighted by molar-refractivity contribution is 7.91. The zero-order valence-corrected chi connectivity index (χ0v) is 10.6. The molecule has 1 aromatic carbocycles. The van der Waals surface area contributed by atoms with E-state index in [9.17, 15) is 8.42 Å². The Morgan fingerprint density at radius 3 is 2.31 bits per heavy atom. The number of benzene rings is 1. The Labute approximate surface area is 97.9 Å². The van der Waals surface area contributed by atoms with E-state index in [1.54, 1.807) is 12.1 Å². The summed E-state index contributed by atoms with van der Waals surface area (Å²) in [5.41, 5.74) is 1.09. The molecule has 1 atom stereocenters. The maximum atomic E-state index is 11.8. The van der Waals surface area contributed by atoms with Gasteiger partial charge in [0.15, 0.2) is 9.84 Å². The van der Waals surface area contributed by atoms with Crippen LogP contribution in [0.5, 0.6) is 0 Å². The van der Waals surface area contributed by atoms with Crippen LogP contribution in [0.3, 0.4) is 0 Å². The van der Waals surface area contributed by atoms with Gasteiger partial charge >= 0.3 is 0 Å². The van der Waals surface area contributed by atoms with Crippen LogP contribution in [0.2, 0.25) is 0 Å². The quantitative estimate of drug-likeness (QED) is 0.738. The molecule has 0 fully saturated rings. The fourth-order valence-electron chi connectivity index (χ4n) is 1.50. The average molecular weight is 238 g/mol. The largest absolute Gasteiger partial charge is 0.224 e. The molecule has 0 saturated heterocycles. The molecular formula is C13H18O2S. The number of hydrogen-bond donors (Lipinski definition) is 0. The van der Waals surface area contributed by atoms with Crippen LogP contribution in [-0.2, 0) is 9.84 Å². The van der Waals surface area contributed by atoms with Gasteiger partial charge in [-0.1, -0.05) is 32.1 Å². The van der Waals surface area contributed by atoms with Crippen LogP contribution in [0.4, 0.5) is 0 Å². The van der Waals surface area contributed by atoms with Crippen molar-refractivity contribution in [3.05, 3.63) is 42.5 Å². The van der Waals surface area contributed by atoms with Crippen molar-refractivity contribution in [2.24, 2.45) is 0 Å². The summed E-state index contributed by atoms with van der Waals surface area (Å²) < 4.78 is 23.5. The number of rotatable bonds is 5. The standard InChI is InChI=1S/C13H18O2S/c1-4-10-16(14,15)13-8-6-12(7-9-13)11(3)5-2/h5-9,11H,2,4,10H2,1,3H3. The molecule has 0 bridgehead atoms. The molecule has 0 spiro atoms. The molecule has 0 saturated carbocycles. The zero-order chi connectivity index (χ0) is 12.2. The van der Waals surface area contributed by atoms with Gasteiger partial charge in [0.05, 0.1) is 10.6 Å². The Balaban J connectivity index is 2.99. The van der Waals surface area contributed by atoms with Gasteiger partial charge in [0.1, 0.15) is 0 Å². The molecule has 2 nitrogen and oxygen atoms in total. The third-order valence-corrected chi connectivity index (χ3v) is 4.53. The van der Waals surface area contributed by atoms with Gasteiger partial charge in [-0.15, -0.1) is 6.58 Å². The smallest absolute Gasteiger partial charge is 0.178 e. The fourth-order valence-corrected chi connectivity index (χ4v) is 2.83. The van der Waals surface area contributed by atoms with Crippen LogP contribution in [0.25, 0.3) is 0 Å². The Kier molecular flexibility index (Phi) is 4.30. The monoisotopic (exact) mass is 238 g/mol. The first-order valence-corrected chi connectivity index (χ1v) is 7.11. The Morgan fingerprint density at radius 2 is 1.88 bits per heavy atom. The van der Waals surface area contributed by atoms with Gasteiger partial charge in [0, 0.05) is 0 Å². The number of allylic oxidation sites excluding steroid dienone is 1. The molecule has 0 aliphatic carbocycles. The van der Waals surface area contributed by atoms with Crippen molar-refractivity contribution in [1.82, 2.24) is 0 Å². The van der Waals surface area contributed by atoms with E-state index in [0.29, 0.717) is 11.3 Å². The lowest BCUT2D eigenvalue weighted by molar-refractivity contribution is 0.594. The first kappa shape index (κ1) is 13.0. The van der Waals surface area contributed by atoms with Gasteiger partial charge in [-0.2, -0.15) is 0 Å². The zero-order valence-electron chi connectivity index (χ0n) is 9.81. The second-order valence-electron chi connectivity index (χ2n) is 3.91. The molecule has 1 unspecified atom stereocenters. The molecule has 0 radical (unpaired) electrons. The van der Waals surface area contributed by atoms with Gasteiger partial charge in [-0.25, -0.2) is 8.42 Å². The van der Waals surface area contributed by atoms with Crippen molar-refractivity contribution in [2.75, 3.05) is 5.75 Å². The molecule has 0 aliphatic rings. The Bertz CT molecular complexity index is 443. The third kappa shape index (κ3) is 2.95. The molecule has 16 heavy (non-hydrogen) atoms. The summed E-state index contributed by atoms with van der Waals surface area (Å²) >= 11 is 0. The van der Waals surface area contributed by atoms with E-state index in [1.165, 1.54) is 0 Å². The predicted octanol–water partition coefficient (Wildman–Crippen LogP) is 3.16. The summed E-state index contributed by atoms with van der Waals surface area (Å²) in [6.07, 6.45) is 2.49. The van der Waals surface area contributed by atoms with Gasteiger partial charge in [0.25, 0.3) is 0 Å². The first-order chi connectivity index (χ1) is 7.51. The molecule has 0 aliphatic heterocycles. The maximum Gasteiger partial charge on any atom is 0.178 e. The number of hydrogen-bond acceptors (Lipinski definition) is 2. The first-order valence-electron chi connectivity index (χ1n) is 5.46. The molecule has 1 rings (SSSR count). The predicted molar refractivity (Wildman–Crippen MR) is 67.4 cm³/mol. The maximum absolute atomic E-state index is 11.8. The number of sulfone groups is 1. The topological polar surface area (TPSA) is 34.1 Å². The highest BCUT2D eigenvalue weighted by Crippen LogP contribution is 2.19. The minimum atomic E-state index is -3.09. The van der Waals surface area contributed by atoms with Crippen molar-refractivity contribution in [3.8, 4) is 0 Å². The minimum absolute atomic E-state index is 0.212. The second-order valence-corrected chi connectivity index (χ2v) is 6.02. The van der Waals surface area contributed by atoms with Crippen LogP contribution in [0, 0.1) is 0 Å². The molecule has 0 amide bonds. The lowest BCUT2D eigenvalue weighted by atomic mass is 10.0. The molecule has 0 aromatic heterocycles. The average Bonchev–Trinajstić information content (AvgIpc) is 2.28. The third-order valence-electron chi connectivity index (χ3n) is 2.59. The van der Waals surface area contributed by atoms with Gasteiger partial charge < -0.3 is 0 Å². The van der Waals surface area contributed by atoms with E-state index < -0.39 is 9.84 Å². The summed E-state index contributed by atoms with van der Waals surface area (Å²) in [5, 5.41) is 0. The van der Waals surface area contributed by atoms with E-state index in [2.05, 4.69) is 6.58 Å². The summed E-state index contributed by atoms with van der Waals surface area (Å²) in [5.74, 6) is 0.464. The Hall–Kier alpha value is -1.09. The summed E-state index contributed by atoms with van der Waals surface area (Å²) in [7, 11) is -3.09. The van der Waals surface area contributed by atoms with Gasteiger partial charge in [0.2, 0.25) is 0 Å². The lowest BCUT2D eigenvalue weighted by Crippen LogP contribution is -2.05. The summed E-state index contributed by atoms with van der Waals surface area (Å²) in [6.45, 7) is 7.62. The van der Waals surface area contributed by atoms with Crippen molar-refractivity contribution < 1.29 is 8.42 Å². The fraction of sp³-hybridized carbons (Fsp3) is 0.385. The summed E-state index contributed by atoms with van der Waals surface area (Å²) in [6, 6.07) is 7.07. The van der Waals surface area contributed by atoms with E-state index in [0.717, 1.165) is 5.56 Å². The van der Waals surface area contributed by atoms with Crippen LogP contribution in [0.1, 0.15) is 31.7 Å². The van der Waals surface area contributed by atoms with Crippen molar-refractivity contribution in [2.45, 2.75) is 31.1 Å². The normalized spacial score (nSPS) is 13.4. The van der Waals surface area contributed by atoms with Crippen LogP contribution in [0.15, 0.2) is 41.8 Å². The molecule has 0 N–H and O–H groups in total. The van der Waals surface area contributed by atoms with E-state index >= 15 is 0 Å². The SMILES string of the molecule is C=CC(C)c1ccc(S(=O)(=O)CCC)cc1. The summed E-state index contributed by atoms with van der Waals surface area (Å²) in [4.78, 5) is 0.411. The van der Waals surface area contributed by atoms with Crippen molar-refractivity contribution in [3.63, 3.8) is 0 Å². The molecule has 1 aromatic rings. The van der Waals surface area contributed by atoms with Gasteiger partial charge in [-0.05, 0) is 30.0 Å². The van der Waals surface area contributed by atoms with Crippen molar-refractivity contribution >= 4 is 9.84 Å². The highest BCUT2D eigenvalue weighted by Gasteiger charge is 2.12. The second kappa shape index (κ2) is 5.30. The van der Waals surface area contributed by atoms with E-state index in [1.807, 2.05) is 32.1 Å². The molecule has 0 heterocycles. The van der Waals surface area contributed by atoms with Crippen LogP contribution in [-0.4, -0.2) is 14.2 Å². The van der Waals surface area contributed by atoms with Gasteiger partial charge in [-0.3, -0.25) is 0 Å². The van der Waals surface area contributed by atoms with E-state index in [4.69, 9.17) is 0 Å². The van der Waals surface area contributed by atoms with Crippen LogP contribution >= 0.6 is 0 Å². The lowest BCUT2D eigenvalue weighted by Gasteiger charge is -2.08. The van der Waals surface area contributed by atoms with Crippen LogP contribution < -0.4 is 0 Å². The van der Waals surface area contributed by atoms with E-state index in [-0.39, 0.29) is 11.7 Å². The minimum Gasteiger partial charge on any atom is -0.224 e. The highest BCUT2D eigenvalue weighted by atomic mass is 32.2. The van der Waals surface area contributed by atoms with Crippen molar-refractivity contribution in [1.29, 1.82) is 0 Å². The molecule has 3 heteroatoms. The molecular weight excluding hydrogens is 220 g/mol. The Morgan fingerprint density at radius 1 is 1.31 bits per heavy atom. The molecule has 88 valence electrons.